The van der Waals surface area contributed by atoms with Crippen LogP contribution in [0.3, 0.4) is 0 Å². The van der Waals surface area contributed by atoms with E-state index in [0.29, 0.717) is 6.42 Å². The molecule has 0 radical (unpaired) electrons. The molecule has 1 aliphatic heterocycles. The second-order valence-corrected chi connectivity index (χ2v) is 5.26. The molecule has 0 amide bonds. The molecule has 0 spiro atoms. The van der Waals surface area contributed by atoms with E-state index in [4.69, 9.17) is 9.47 Å². The van der Waals surface area contributed by atoms with E-state index < -0.39 is 0 Å². The minimum absolute atomic E-state index is 0.127. The number of methoxy groups -OCH3 is 1. The van der Waals surface area contributed by atoms with Gasteiger partial charge >= 0.3 is 0 Å². The Hall–Kier alpha value is -2.69. The lowest BCUT2D eigenvalue weighted by Gasteiger charge is -2.25. The number of ether oxygens (including phenoxy) is 2. The standard InChI is InChI=1S/C17H16O5/c1-21-13-4-2-10(3-5-13)6-11-9-22-15-8-12(18)7-14(19)16(15)17(11)20/h2-5,7-8,11,18-19H,6,9H2,1H3/t11-/m0/s1. The first-order chi connectivity index (χ1) is 10.6. The summed E-state index contributed by atoms with van der Waals surface area (Å²) >= 11 is 0. The molecule has 0 aliphatic carbocycles. The molecule has 0 aromatic heterocycles. The quantitative estimate of drug-likeness (QED) is 0.911. The van der Waals surface area contributed by atoms with Crippen molar-refractivity contribution in [1.29, 1.82) is 0 Å². The number of carbonyl (C=O) groups is 1. The van der Waals surface area contributed by atoms with Crippen molar-refractivity contribution in [2.75, 3.05) is 13.7 Å². The molecular weight excluding hydrogens is 284 g/mol. The van der Waals surface area contributed by atoms with E-state index in [9.17, 15) is 15.0 Å². The van der Waals surface area contributed by atoms with E-state index in [2.05, 4.69) is 0 Å². The van der Waals surface area contributed by atoms with Crippen LogP contribution in [0.2, 0.25) is 0 Å². The van der Waals surface area contributed by atoms with Gasteiger partial charge < -0.3 is 19.7 Å². The Labute approximate surface area is 127 Å². The highest BCUT2D eigenvalue weighted by atomic mass is 16.5. The minimum Gasteiger partial charge on any atom is -0.508 e. The molecule has 2 N–H and O–H groups in total. The molecule has 0 unspecified atom stereocenters. The molecule has 22 heavy (non-hydrogen) atoms. The van der Waals surface area contributed by atoms with Crippen molar-refractivity contribution in [3.63, 3.8) is 0 Å². The summed E-state index contributed by atoms with van der Waals surface area (Å²) in [4.78, 5) is 12.5. The molecule has 2 aromatic rings. The van der Waals surface area contributed by atoms with Gasteiger partial charge in [-0.25, -0.2) is 0 Å². The monoisotopic (exact) mass is 300 g/mol. The van der Waals surface area contributed by atoms with Crippen molar-refractivity contribution in [3.8, 4) is 23.0 Å². The van der Waals surface area contributed by atoms with Gasteiger partial charge in [-0.05, 0) is 24.1 Å². The number of phenols is 2. The molecule has 114 valence electrons. The largest absolute Gasteiger partial charge is 0.508 e. The summed E-state index contributed by atoms with van der Waals surface area (Å²) in [6, 6.07) is 9.98. The second kappa shape index (κ2) is 5.60. The van der Waals surface area contributed by atoms with Crippen LogP contribution in [0.4, 0.5) is 0 Å². The maximum atomic E-state index is 12.5. The van der Waals surface area contributed by atoms with E-state index in [1.807, 2.05) is 24.3 Å². The Kier molecular flexibility index (Phi) is 3.63. The van der Waals surface area contributed by atoms with E-state index in [0.717, 1.165) is 17.4 Å². The fourth-order valence-electron chi connectivity index (χ4n) is 2.62. The van der Waals surface area contributed by atoms with Crippen molar-refractivity contribution < 1.29 is 24.5 Å². The van der Waals surface area contributed by atoms with E-state index >= 15 is 0 Å². The van der Waals surface area contributed by atoms with Crippen LogP contribution in [0.15, 0.2) is 36.4 Å². The number of carbonyl (C=O) groups excluding carboxylic acids is 1. The van der Waals surface area contributed by atoms with Crippen LogP contribution < -0.4 is 9.47 Å². The van der Waals surface area contributed by atoms with Gasteiger partial charge in [-0.15, -0.1) is 0 Å². The number of phenolic OH excluding ortho intramolecular Hbond substituents is 2. The van der Waals surface area contributed by atoms with Crippen molar-refractivity contribution >= 4 is 5.78 Å². The Morgan fingerprint density at radius 3 is 2.64 bits per heavy atom. The third kappa shape index (κ3) is 2.57. The lowest BCUT2D eigenvalue weighted by molar-refractivity contribution is 0.0826. The van der Waals surface area contributed by atoms with Gasteiger partial charge in [0.05, 0.1) is 19.6 Å². The Morgan fingerprint density at radius 1 is 1.23 bits per heavy atom. The zero-order valence-electron chi connectivity index (χ0n) is 12.1. The zero-order valence-corrected chi connectivity index (χ0v) is 12.1. The first-order valence-corrected chi connectivity index (χ1v) is 6.94. The van der Waals surface area contributed by atoms with Crippen LogP contribution in [0, 0.1) is 5.92 Å². The molecule has 0 saturated heterocycles. The highest BCUT2D eigenvalue weighted by Crippen LogP contribution is 2.38. The molecule has 0 fully saturated rings. The zero-order chi connectivity index (χ0) is 15.7. The molecule has 3 rings (SSSR count). The number of fused-ring (bicyclic) bond motifs is 1. The molecule has 0 saturated carbocycles. The van der Waals surface area contributed by atoms with Crippen molar-refractivity contribution in [1.82, 2.24) is 0 Å². The van der Waals surface area contributed by atoms with Gasteiger partial charge in [-0.2, -0.15) is 0 Å². The number of hydrogen-bond donors (Lipinski definition) is 2. The molecule has 1 aliphatic rings. The van der Waals surface area contributed by atoms with Gasteiger partial charge in [-0.1, -0.05) is 12.1 Å². The van der Waals surface area contributed by atoms with Crippen LogP contribution in [0.5, 0.6) is 23.0 Å². The number of hydrogen-bond acceptors (Lipinski definition) is 5. The molecule has 2 aromatic carbocycles. The van der Waals surface area contributed by atoms with E-state index in [1.165, 1.54) is 6.07 Å². The van der Waals surface area contributed by atoms with Crippen LogP contribution in [-0.4, -0.2) is 29.7 Å². The summed E-state index contributed by atoms with van der Waals surface area (Å²) in [7, 11) is 1.60. The third-order valence-corrected chi connectivity index (χ3v) is 3.76. The molecule has 1 atom stereocenters. The summed E-state index contributed by atoms with van der Waals surface area (Å²) in [5.41, 5.74) is 1.13. The van der Waals surface area contributed by atoms with Crippen molar-refractivity contribution in [2.24, 2.45) is 5.92 Å². The Bertz CT molecular complexity index is 706. The SMILES string of the molecule is COc1ccc(C[C@H]2COc3cc(O)cc(O)c3C2=O)cc1. The Morgan fingerprint density at radius 2 is 1.95 bits per heavy atom. The molecular formula is C17H16O5. The average molecular weight is 300 g/mol. The van der Waals surface area contributed by atoms with Gasteiger partial charge in [0.2, 0.25) is 0 Å². The highest BCUT2D eigenvalue weighted by molar-refractivity contribution is 6.04. The first-order valence-electron chi connectivity index (χ1n) is 6.94. The maximum Gasteiger partial charge on any atom is 0.177 e. The number of rotatable bonds is 3. The molecule has 0 bridgehead atoms. The lowest BCUT2D eigenvalue weighted by atomic mass is 9.89. The number of benzene rings is 2. The predicted molar refractivity (Wildman–Crippen MR) is 79.8 cm³/mol. The molecule has 5 heteroatoms. The topological polar surface area (TPSA) is 76.0 Å². The summed E-state index contributed by atoms with van der Waals surface area (Å²) in [5.74, 6) is 0.0740. The van der Waals surface area contributed by atoms with Gasteiger partial charge in [-0.3, -0.25) is 4.79 Å². The smallest absolute Gasteiger partial charge is 0.177 e. The second-order valence-electron chi connectivity index (χ2n) is 5.26. The van der Waals surface area contributed by atoms with Crippen LogP contribution in [0.1, 0.15) is 15.9 Å². The molecule has 5 nitrogen and oxygen atoms in total. The summed E-state index contributed by atoms with van der Waals surface area (Å²) in [6.07, 6.45) is 0.516. The van der Waals surface area contributed by atoms with Gasteiger partial charge in [0.15, 0.2) is 5.78 Å². The predicted octanol–water partition coefficient (Wildman–Crippen LogP) is 2.54. The van der Waals surface area contributed by atoms with Crippen molar-refractivity contribution in [3.05, 3.63) is 47.5 Å². The number of aromatic hydroxyl groups is 2. The minimum atomic E-state index is -0.365. The van der Waals surface area contributed by atoms with Crippen LogP contribution in [0.25, 0.3) is 0 Å². The van der Waals surface area contributed by atoms with E-state index in [-0.39, 0.29) is 41.1 Å². The van der Waals surface area contributed by atoms with Crippen LogP contribution >= 0.6 is 0 Å². The Balaban J connectivity index is 1.83. The van der Waals surface area contributed by atoms with Gasteiger partial charge in [0.1, 0.15) is 28.6 Å². The lowest BCUT2D eigenvalue weighted by Crippen LogP contribution is -2.29. The summed E-state index contributed by atoms with van der Waals surface area (Å²) in [6.45, 7) is 0.223. The fraction of sp³-hybridized carbons (Fsp3) is 0.235. The number of Topliss-reactive ketones (excluding diaryl/α,β-unsaturated/α-hetero) is 1. The fourth-order valence-corrected chi connectivity index (χ4v) is 2.62. The highest BCUT2D eigenvalue weighted by Gasteiger charge is 2.32. The normalized spacial score (nSPS) is 16.8. The third-order valence-electron chi connectivity index (χ3n) is 3.76. The van der Waals surface area contributed by atoms with Gasteiger partial charge in [0, 0.05) is 12.1 Å². The van der Waals surface area contributed by atoms with Gasteiger partial charge in [0.25, 0.3) is 0 Å². The maximum absolute atomic E-state index is 12.5. The number of ketones is 1. The van der Waals surface area contributed by atoms with Crippen molar-refractivity contribution in [2.45, 2.75) is 6.42 Å². The van der Waals surface area contributed by atoms with Crippen LogP contribution in [-0.2, 0) is 6.42 Å². The average Bonchev–Trinajstić information content (AvgIpc) is 2.50. The van der Waals surface area contributed by atoms with E-state index in [1.54, 1.807) is 7.11 Å². The summed E-state index contributed by atoms with van der Waals surface area (Å²) < 4.78 is 10.6. The first kappa shape index (κ1) is 14.3. The molecule has 1 heterocycles. The summed E-state index contributed by atoms with van der Waals surface area (Å²) in [5, 5.41) is 19.3.